The number of hydrogen-bond acceptors (Lipinski definition) is 5. The number of carbonyl (C=O) groups is 2. The largest absolute Gasteiger partial charge is 0.349 e. The van der Waals surface area contributed by atoms with Crippen molar-refractivity contribution in [2.24, 2.45) is 0 Å². The molecule has 2 N–H and O–H groups in total. The standard InChI is InChI=1S/C23H25Cl2N5O2S/c1-4-30-21(15(3)27-22(32)17-10-11-18(24)19(25)12-17)28-29-23(30)33-13-20(31)26-14(2)16-8-6-5-7-9-16/h5-12,14-15H,4,13H2,1-3H3,(H,26,31)(H,27,32)/t14-,15-/m1/s1. The summed E-state index contributed by atoms with van der Waals surface area (Å²) in [5.74, 6) is 0.422. The maximum atomic E-state index is 12.6. The Morgan fingerprint density at radius 1 is 1.00 bits per heavy atom. The van der Waals surface area contributed by atoms with Crippen LogP contribution in [0.2, 0.25) is 10.0 Å². The van der Waals surface area contributed by atoms with Gasteiger partial charge in [-0.3, -0.25) is 9.59 Å². The predicted octanol–water partition coefficient (Wildman–Crippen LogP) is 5.07. The fourth-order valence-electron chi connectivity index (χ4n) is 3.24. The molecule has 33 heavy (non-hydrogen) atoms. The molecule has 10 heteroatoms. The van der Waals surface area contributed by atoms with E-state index in [1.54, 1.807) is 12.1 Å². The number of halogens is 2. The minimum atomic E-state index is -0.402. The van der Waals surface area contributed by atoms with Gasteiger partial charge in [0.15, 0.2) is 11.0 Å². The second-order valence-corrected chi connectivity index (χ2v) is 9.15. The van der Waals surface area contributed by atoms with Gasteiger partial charge in [-0.15, -0.1) is 10.2 Å². The molecule has 7 nitrogen and oxygen atoms in total. The summed E-state index contributed by atoms with van der Waals surface area (Å²) in [6.45, 7) is 6.33. The van der Waals surface area contributed by atoms with Crippen molar-refractivity contribution in [3.05, 3.63) is 75.5 Å². The van der Waals surface area contributed by atoms with Crippen molar-refractivity contribution >= 4 is 46.8 Å². The van der Waals surface area contributed by atoms with Crippen molar-refractivity contribution in [2.45, 2.75) is 44.6 Å². The summed E-state index contributed by atoms with van der Waals surface area (Å²) in [7, 11) is 0. The first-order valence-corrected chi connectivity index (χ1v) is 12.2. The van der Waals surface area contributed by atoms with E-state index in [1.165, 1.54) is 17.8 Å². The lowest BCUT2D eigenvalue weighted by Gasteiger charge is -2.16. The van der Waals surface area contributed by atoms with E-state index in [1.807, 2.05) is 55.7 Å². The van der Waals surface area contributed by atoms with Crippen LogP contribution in [-0.2, 0) is 11.3 Å². The van der Waals surface area contributed by atoms with Crippen LogP contribution >= 0.6 is 35.0 Å². The maximum Gasteiger partial charge on any atom is 0.251 e. The van der Waals surface area contributed by atoms with Crippen molar-refractivity contribution < 1.29 is 9.59 Å². The van der Waals surface area contributed by atoms with Crippen molar-refractivity contribution in [1.82, 2.24) is 25.4 Å². The fourth-order valence-corrected chi connectivity index (χ4v) is 4.36. The molecule has 2 amide bonds. The van der Waals surface area contributed by atoms with Crippen LogP contribution in [0.15, 0.2) is 53.7 Å². The van der Waals surface area contributed by atoms with Crippen LogP contribution in [0.25, 0.3) is 0 Å². The van der Waals surface area contributed by atoms with Gasteiger partial charge in [-0.05, 0) is 44.5 Å². The minimum absolute atomic E-state index is 0.0875. The molecule has 0 aliphatic rings. The average Bonchev–Trinajstić information content (AvgIpc) is 3.23. The average molecular weight is 506 g/mol. The lowest BCUT2D eigenvalue weighted by molar-refractivity contribution is -0.119. The fraction of sp³-hybridized carbons (Fsp3) is 0.304. The first-order valence-electron chi connectivity index (χ1n) is 10.5. The van der Waals surface area contributed by atoms with E-state index in [4.69, 9.17) is 23.2 Å². The number of amides is 2. The van der Waals surface area contributed by atoms with E-state index >= 15 is 0 Å². The quantitative estimate of drug-likeness (QED) is 0.396. The van der Waals surface area contributed by atoms with Gasteiger partial charge in [-0.2, -0.15) is 0 Å². The van der Waals surface area contributed by atoms with E-state index in [9.17, 15) is 9.59 Å². The van der Waals surface area contributed by atoms with Gasteiger partial charge in [0.25, 0.3) is 5.91 Å². The van der Waals surface area contributed by atoms with E-state index in [2.05, 4.69) is 20.8 Å². The normalized spacial score (nSPS) is 12.8. The molecular weight excluding hydrogens is 481 g/mol. The van der Waals surface area contributed by atoms with Crippen molar-refractivity contribution in [2.75, 3.05) is 5.75 Å². The summed E-state index contributed by atoms with van der Waals surface area (Å²) in [6.07, 6.45) is 0. The number of thioether (sulfide) groups is 1. The molecule has 3 aromatic rings. The maximum absolute atomic E-state index is 12.6. The number of nitrogens with zero attached hydrogens (tertiary/aromatic N) is 3. The van der Waals surface area contributed by atoms with Crippen LogP contribution in [0, 0.1) is 0 Å². The van der Waals surface area contributed by atoms with Gasteiger partial charge in [0.2, 0.25) is 5.91 Å². The highest BCUT2D eigenvalue weighted by atomic mass is 35.5. The Morgan fingerprint density at radius 3 is 2.39 bits per heavy atom. The Morgan fingerprint density at radius 2 is 1.73 bits per heavy atom. The highest BCUT2D eigenvalue weighted by Gasteiger charge is 2.21. The summed E-state index contributed by atoms with van der Waals surface area (Å²) < 4.78 is 1.89. The summed E-state index contributed by atoms with van der Waals surface area (Å²) in [4.78, 5) is 25.0. The molecule has 0 unspecified atom stereocenters. The van der Waals surface area contributed by atoms with Crippen molar-refractivity contribution in [3.63, 3.8) is 0 Å². The third-order valence-electron chi connectivity index (χ3n) is 4.99. The van der Waals surface area contributed by atoms with E-state index in [0.717, 1.165) is 5.56 Å². The molecule has 174 valence electrons. The Hall–Kier alpha value is -2.55. The van der Waals surface area contributed by atoms with Crippen LogP contribution in [0.5, 0.6) is 0 Å². The van der Waals surface area contributed by atoms with E-state index < -0.39 is 6.04 Å². The molecule has 0 aliphatic carbocycles. The van der Waals surface area contributed by atoms with Crippen LogP contribution < -0.4 is 10.6 Å². The second-order valence-electron chi connectivity index (χ2n) is 7.40. The van der Waals surface area contributed by atoms with Crippen LogP contribution in [0.3, 0.4) is 0 Å². The Labute approximate surface area is 207 Å². The number of rotatable bonds is 9. The van der Waals surface area contributed by atoms with Gasteiger partial charge in [0.1, 0.15) is 0 Å². The Bertz CT molecular complexity index is 1120. The molecule has 0 spiro atoms. The number of hydrogen-bond donors (Lipinski definition) is 2. The molecular formula is C23H25Cl2N5O2S. The molecule has 0 aliphatic heterocycles. The number of benzene rings is 2. The molecule has 2 aromatic carbocycles. The third-order valence-corrected chi connectivity index (χ3v) is 6.69. The van der Waals surface area contributed by atoms with E-state index in [0.29, 0.717) is 33.1 Å². The van der Waals surface area contributed by atoms with Crippen LogP contribution in [-0.4, -0.2) is 32.3 Å². The first-order chi connectivity index (χ1) is 15.8. The summed E-state index contributed by atoms with van der Waals surface area (Å²) in [5.41, 5.74) is 1.44. The van der Waals surface area contributed by atoms with Crippen molar-refractivity contribution in [1.29, 1.82) is 0 Å². The SMILES string of the molecule is CCn1c(SCC(=O)N[C@H](C)c2ccccc2)nnc1[C@@H](C)NC(=O)c1ccc(Cl)c(Cl)c1. The van der Waals surface area contributed by atoms with Crippen molar-refractivity contribution in [3.8, 4) is 0 Å². The molecule has 0 saturated carbocycles. The molecule has 1 heterocycles. The molecule has 1 aromatic heterocycles. The zero-order valence-corrected chi connectivity index (χ0v) is 20.8. The Balaban J connectivity index is 1.61. The molecule has 0 fully saturated rings. The van der Waals surface area contributed by atoms with Gasteiger partial charge in [-0.25, -0.2) is 0 Å². The third kappa shape index (κ3) is 6.50. The van der Waals surface area contributed by atoms with Gasteiger partial charge < -0.3 is 15.2 Å². The van der Waals surface area contributed by atoms with Gasteiger partial charge in [0.05, 0.1) is 27.9 Å². The lowest BCUT2D eigenvalue weighted by Crippen LogP contribution is -2.29. The van der Waals surface area contributed by atoms with Gasteiger partial charge >= 0.3 is 0 Å². The second kappa shape index (κ2) is 11.5. The monoisotopic (exact) mass is 505 g/mol. The van der Waals surface area contributed by atoms with Crippen LogP contribution in [0.4, 0.5) is 0 Å². The predicted molar refractivity (Wildman–Crippen MR) is 132 cm³/mol. The van der Waals surface area contributed by atoms with Crippen LogP contribution in [0.1, 0.15) is 54.6 Å². The zero-order valence-electron chi connectivity index (χ0n) is 18.5. The summed E-state index contributed by atoms with van der Waals surface area (Å²) >= 11 is 13.2. The smallest absolute Gasteiger partial charge is 0.251 e. The van der Waals surface area contributed by atoms with Gasteiger partial charge in [0, 0.05) is 12.1 Å². The summed E-state index contributed by atoms with van der Waals surface area (Å²) in [6, 6.07) is 14.0. The van der Waals surface area contributed by atoms with E-state index in [-0.39, 0.29) is 23.6 Å². The number of aromatic nitrogens is 3. The number of nitrogens with one attached hydrogen (secondary N) is 2. The Kier molecular flexibility index (Phi) is 8.77. The lowest BCUT2D eigenvalue weighted by atomic mass is 10.1. The molecule has 0 bridgehead atoms. The highest BCUT2D eigenvalue weighted by Crippen LogP contribution is 2.24. The molecule has 3 rings (SSSR count). The zero-order chi connectivity index (χ0) is 24.0. The number of carbonyl (C=O) groups excluding carboxylic acids is 2. The highest BCUT2D eigenvalue weighted by molar-refractivity contribution is 7.99. The first kappa shape index (κ1) is 25.1. The molecule has 2 atom stereocenters. The molecule has 0 saturated heterocycles. The van der Waals surface area contributed by atoms with Gasteiger partial charge in [-0.1, -0.05) is 65.3 Å². The molecule has 0 radical (unpaired) electrons. The summed E-state index contributed by atoms with van der Waals surface area (Å²) in [5, 5.41) is 15.7. The minimum Gasteiger partial charge on any atom is -0.349 e. The topological polar surface area (TPSA) is 88.9 Å².